The topological polar surface area (TPSA) is 117 Å². The molecule has 34 heavy (non-hydrogen) atoms. The molecule has 0 atom stereocenters. The van der Waals surface area contributed by atoms with Gasteiger partial charge in [0.05, 0.1) is 17.7 Å². The van der Waals surface area contributed by atoms with E-state index in [1.165, 1.54) is 12.1 Å². The maximum absolute atomic E-state index is 12.5. The van der Waals surface area contributed by atoms with E-state index in [2.05, 4.69) is 15.7 Å². The fourth-order valence-electron chi connectivity index (χ4n) is 3.45. The Morgan fingerprint density at radius 2 is 1.44 bits per heavy atom. The maximum atomic E-state index is 12.5. The highest BCUT2D eigenvalue weighted by Crippen LogP contribution is 2.15. The molecule has 4 N–H and O–H groups in total. The summed E-state index contributed by atoms with van der Waals surface area (Å²) in [4.78, 5) is 33.7. The Morgan fingerprint density at radius 1 is 0.794 bits per heavy atom. The zero-order valence-corrected chi connectivity index (χ0v) is 19.1. The SMILES string of the molecule is Cc1ccc(CONCc2ccc(CNC(=O)c3ccc(C)cc3C(=O)O)cc2)c(COO)c1. The summed E-state index contributed by atoms with van der Waals surface area (Å²) in [6.45, 7) is 4.92. The molecule has 0 aliphatic heterocycles. The summed E-state index contributed by atoms with van der Waals surface area (Å²) in [6, 6.07) is 18.2. The number of hydroxylamine groups is 1. The van der Waals surface area contributed by atoms with Crippen LogP contribution >= 0.6 is 0 Å². The molecule has 0 heterocycles. The highest BCUT2D eigenvalue weighted by molar-refractivity contribution is 6.04. The van der Waals surface area contributed by atoms with Crippen LogP contribution in [0.1, 0.15) is 54.1 Å². The lowest BCUT2D eigenvalue weighted by atomic mass is 10.0. The fourth-order valence-corrected chi connectivity index (χ4v) is 3.45. The van der Waals surface area contributed by atoms with Crippen molar-refractivity contribution in [3.05, 3.63) is 105 Å². The quantitative estimate of drug-likeness (QED) is 0.191. The van der Waals surface area contributed by atoms with E-state index in [9.17, 15) is 14.7 Å². The summed E-state index contributed by atoms with van der Waals surface area (Å²) in [7, 11) is 0. The van der Waals surface area contributed by atoms with E-state index in [1.807, 2.05) is 49.4 Å². The number of rotatable bonds is 11. The van der Waals surface area contributed by atoms with Crippen molar-refractivity contribution in [2.75, 3.05) is 0 Å². The van der Waals surface area contributed by atoms with E-state index in [4.69, 9.17) is 10.1 Å². The molecule has 0 radical (unpaired) electrons. The van der Waals surface area contributed by atoms with Crippen LogP contribution in [0.2, 0.25) is 0 Å². The predicted octanol–water partition coefficient (Wildman–Crippen LogP) is 4.14. The van der Waals surface area contributed by atoms with Gasteiger partial charge in [-0.25, -0.2) is 9.68 Å². The summed E-state index contributed by atoms with van der Waals surface area (Å²) in [5.74, 6) is -1.56. The number of aryl methyl sites for hydroxylation is 2. The second kappa shape index (κ2) is 12.1. The van der Waals surface area contributed by atoms with Crippen molar-refractivity contribution in [3.63, 3.8) is 0 Å². The third-order valence-electron chi connectivity index (χ3n) is 5.31. The number of carboxylic acids is 1. The fraction of sp³-hybridized carbons (Fsp3) is 0.231. The third-order valence-corrected chi connectivity index (χ3v) is 5.31. The first-order valence-corrected chi connectivity index (χ1v) is 10.8. The molecule has 0 aliphatic carbocycles. The Balaban J connectivity index is 1.48. The summed E-state index contributed by atoms with van der Waals surface area (Å²) in [5, 5.41) is 20.9. The maximum Gasteiger partial charge on any atom is 0.336 e. The van der Waals surface area contributed by atoms with Gasteiger partial charge in [-0.1, -0.05) is 59.7 Å². The smallest absolute Gasteiger partial charge is 0.336 e. The van der Waals surface area contributed by atoms with Crippen LogP contribution < -0.4 is 10.8 Å². The van der Waals surface area contributed by atoms with Gasteiger partial charge in [-0.3, -0.25) is 14.9 Å². The number of benzene rings is 3. The van der Waals surface area contributed by atoms with Crippen LogP contribution in [0.15, 0.2) is 60.7 Å². The van der Waals surface area contributed by atoms with Gasteiger partial charge in [0.25, 0.3) is 5.91 Å². The minimum absolute atomic E-state index is 0.0134. The van der Waals surface area contributed by atoms with Gasteiger partial charge in [-0.15, -0.1) is 0 Å². The van der Waals surface area contributed by atoms with Crippen molar-refractivity contribution >= 4 is 11.9 Å². The largest absolute Gasteiger partial charge is 0.478 e. The number of carbonyl (C=O) groups excluding carboxylic acids is 1. The Morgan fingerprint density at radius 3 is 2.12 bits per heavy atom. The van der Waals surface area contributed by atoms with Crippen molar-refractivity contribution in [3.8, 4) is 0 Å². The van der Waals surface area contributed by atoms with Crippen molar-refractivity contribution in [2.24, 2.45) is 0 Å². The van der Waals surface area contributed by atoms with Crippen molar-refractivity contribution < 1.29 is 29.7 Å². The predicted molar refractivity (Wildman–Crippen MR) is 126 cm³/mol. The molecule has 0 saturated heterocycles. The van der Waals surface area contributed by atoms with Crippen LogP contribution in [0, 0.1) is 13.8 Å². The molecule has 0 saturated carbocycles. The van der Waals surface area contributed by atoms with Crippen LogP contribution in [0.4, 0.5) is 0 Å². The average Bonchev–Trinajstić information content (AvgIpc) is 2.82. The minimum Gasteiger partial charge on any atom is -0.478 e. The summed E-state index contributed by atoms with van der Waals surface area (Å²) in [6.07, 6.45) is 0. The second-order valence-electron chi connectivity index (χ2n) is 8.01. The Labute approximate surface area is 198 Å². The molecule has 0 aliphatic rings. The van der Waals surface area contributed by atoms with E-state index in [-0.39, 0.29) is 24.3 Å². The van der Waals surface area contributed by atoms with Gasteiger partial charge in [0.2, 0.25) is 0 Å². The van der Waals surface area contributed by atoms with Crippen LogP contribution in [0.3, 0.4) is 0 Å². The lowest BCUT2D eigenvalue weighted by Crippen LogP contribution is -2.25. The molecule has 1 amide bonds. The van der Waals surface area contributed by atoms with Gasteiger partial charge in [0.1, 0.15) is 6.61 Å². The van der Waals surface area contributed by atoms with Gasteiger partial charge in [-0.05, 0) is 48.2 Å². The van der Waals surface area contributed by atoms with Crippen molar-refractivity contribution in [1.82, 2.24) is 10.8 Å². The van der Waals surface area contributed by atoms with Gasteiger partial charge in [0, 0.05) is 13.1 Å². The van der Waals surface area contributed by atoms with E-state index in [0.29, 0.717) is 13.2 Å². The van der Waals surface area contributed by atoms with E-state index in [0.717, 1.165) is 33.4 Å². The average molecular weight is 465 g/mol. The molecule has 0 fully saturated rings. The number of aromatic carboxylic acids is 1. The molecular formula is C26H28N2O6. The number of amides is 1. The molecule has 3 aromatic carbocycles. The molecule has 0 unspecified atom stereocenters. The monoisotopic (exact) mass is 464 g/mol. The highest BCUT2D eigenvalue weighted by Gasteiger charge is 2.16. The third kappa shape index (κ3) is 6.97. The number of hydrogen-bond acceptors (Lipinski definition) is 6. The summed E-state index contributed by atoms with van der Waals surface area (Å²) < 4.78 is 0. The molecule has 3 aromatic rings. The molecule has 8 nitrogen and oxygen atoms in total. The highest BCUT2D eigenvalue weighted by atomic mass is 17.1. The van der Waals surface area contributed by atoms with Gasteiger partial charge >= 0.3 is 5.97 Å². The molecular weight excluding hydrogens is 436 g/mol. The van der Waals surface area contributed by atoms with Crippen LogP contribution in [0.5, 0.6) is 0 Å². The first kappa shape index (κ1) is 25.1. The van der Waals surface area contributed by atoms with Gasteiger partial charge in [-0.2, -0.15) is 5.48 Å². The molecule has 0 bridgehead atoms. The Hall–Kier alpha value is -3.56. The summed E-state index contributed by atoms with van der Waals surface area (Å²) in [5.41, 5.74) is 8.54. The Kier molecular flexibility index (Phi) is 8.89. The normalized spacial score (nSPS) is 10.8. The van der Waals surface area contributed by atoms with Gasteiger partial charge in [0.15, 0.2) is 0 Å². The molecule has 0 aromatic heterocycles. The Bertz CT molecular complexity index is 1140. The number of carbonyl (C=O) groups is 2. The number of carboxylic acid groups (broad SMARTS) is 1. The zero-order chi connectivity index (χ0) is 24.5. The van der Waals surface area contributed by atoms with E-state index < -0.39 is 11.9 Å². The van der Waals surface area contributed by atoms with E-state index >= 15 is 0 Å². The minimum atomic E-state index is -1.13. The molecule has 3 rings (SSSR count). The molecule has 178 valence electrons. The lowest BCUT2D eigenvalue weighted by Gasteiger charge is -2.11. The first-order valence-electron chi connectivity index (χ1n) is 10.8. The zero-order valence-electron chi connectivity index (χ0n) is 19.1. The van der Waals surface area contributed by atoms with Crippen LogP contribution in [-0.4, -0.2) is 22.2 Å². The second-order valence-corrected chi connectivity index (χ2v) is 8.01. The van der Waals surface area contributed by atoms with Gasteiger partial charge < -0.3 is 10.4 Å². The molecule has 8 heteroatoms. The number of hydrogen-bond donors (Lipinski definition) is 4. The van der Waals surface area contributed by atoms with Crippen molar-refractivity contribution in [2.45, 2.75) is 40.2 Å². The van der Waals surface area contributed by atoms with Crippen LogP contribution in [0.25, 0.3) is 0 Å². The first-order chi connectivity index (χ1) is 16.4. The molecule has 0 spiro atoms. The summed E-state index contributed by atoms with van der Waals surface area (Å²) >= 11 is 0. The van der Waals surface area contributed by atoms with Crippen molar-refractivity contribution in [1.29, 1.82) is 0 Å². The standard InChI is InChI=1S/C26H28N2O6/c1-17-3-9-21(22(11-17)16-34-32)15-33-28-14-20-7-5-19(6-8-20)13-27-25(29)23-10-4-18(2)12-24(23)26(30)31/h3-12,28,32H,13-16H2,1-2H3,(H,27,29)(H,30,31). The number of nitrogens with one attached hydrogen (secondary N) is 2. The van der Waals surface area contributed by atoms with Crippen LogP contribution in [-0.2, 0) is 36.0 Å². The lowest BCUT2D eigenvalue weighted by molar-refractivity contribution is -0.253. The van der Waals surface area contributed by atoms with E-state index in [1.54, 1.807) is 13.0 Å².